The first-order valence-electron chi connectivity index (χ1n) is 8.78. The molecule has 0 radical (unpaired) electrons. The van der Waals surface area contributed by atoms with E-state index in [0.29, 0.717) is 5.65 Å². The summed E-state index contributed by atoms with van der Waals surface area (Å²) in [6, 6.07) is 6.64. The summed E-state index contributed by atoms with van der Waals surface area (Å²) in [7, 11) is 1.47. The van der Waals surface area contributed by atoms with Crippen LogP contribution in [-0.2, 0) is 0 Å². The third kappa shape index (κ3) is 5.58. The quantitative estimate of drug-likeness (QED) is 0.357. The monoisotopic (exact) mass is 449 g/mol. The van der Waals surface area contributed by atoms with Crippen molar-refractivity contribution in [3.63, 3.8) is 0 Å². The number of aromatic nitrogens is 3. The Balaban J connectivity index is 0.00000341. The van der Waals surface area contributed by atoms with Gasteiger partial charge in [-0.1, -0.05) is 0 Å². The number of urea groups is 1. The molecule has 2 aromatic heterocycles. The van der Waals surface area contributed by atoms with Crippen molar-refractivity contribution in [2.45, 2.75) is 0 Å². The van der Waals surface area contributed by atoms with Gasteiger partial charge >= 0.3 is 12.0 Å². The lowest BCUT2D eigenvalue weighted by Gasteiger charge is -2.12. The number of fused-ring (bicyclic) bond motifs is 1. The Hall–Kier alpha value is -3.90. The largest absolute Gasteiger partial charge is 0.490 e. The van der Waals surface area contributed by atoms with Gasteiger partial charge in [0.1, 0.15) is 18.1 Å². The third-order valence-corrected chi connectivity index (χ3v) is 3.87. The molecule has 0 saturated heterocycles. The highest BCUT2D eigenvalue weighted by atomic mass is 35.5. The zero-order valence-electron chi connectivity index (χ0n) is 16.3. The number of imidazole rings is 1. The highest BCUT2D eigenvalue weighted by molar-refractivity contribution is 6.04. The fourth-order valence-electron chi connectivity index (χ4n) is 2.48. The summed E-state index contributed by atoms with van der Waals surface area (Å²) < 4.78 is 6.80. The van der Waals surface area contributed by atoms with Gasteiger partial charge in [0.15, 0.2) is 11.5 Å². The summed E-state index contributed by atoms with van der Waals surface area (Å²) in [6.45, 7) is 0.439. The van der Waals surface area contributed by atoms with Crippen LogP contribution in [-0.4, -0.2) is 57.8 Å². The van der Waals surface area contributed by atoms with Crippen LogP contribution in [0.4, 0.5) is 16.3 Å². The summed E-state index contributed by atoms with van der Waals surface area (Å²) in [5, 5.41) is 20.9. The second kappa shape index (κ2) is 10.2. The van der Waals surface area contributed by atoms with Crippen LogP contribution >= 0.6 is 12.4 Å². The molecule has 164 valence electrons. The second-order valence-corrected chi connectivity index (χ2v) is 5.96. The minimum atomic E-state index is -1.15. The number of halogens is 1. The Bertz CT molecular complexity index is 1120. The Morgan fingerprint density at radius 2 is 1.97 bits per heavy atom. The topological polar surface area (TPSA) is 173 Å². The van der Waals surface area contributed by atoms with E-state index in [-0.39, 0.29) is 54.1 Å². The number of carbonyl (C=O) groups is 3. The number of amides is 3. The molecule has 1 aromatic carbocycles. The number of rotatable bonds is 7. The van der Waals surface area contributed by atoms with Crippen LogP contribution < -0.4 is 26.4 Å². The number of benzene rings is 1. The van der Waals surface area contributed by atoms with Crippen LogP contribution in [0.15, 0.2) is 36.5 Å². The molecule has 3 amide bonds. The molecule has 13 heteroatoms. The van der Waals surface area contributed by atoms with E-state index in [0.717, 1.165) is 0 Å². The van der Waals surface area contributed by atoms with Crippen molar-refractivity contribution >= 4 is 47.5 Å². The first-order valence-corrected chi connectivity index (χ1v) is 8.78. The molecule has 0 saturated carbocycles. The van der Waals surface area contributed by atoms with Gasteiger partial charge < -0.3 is 26.2 Å². The van der Waals surface area contributed by atoms with Crippen LogP contribution in [0.2, 0.25) is 0 Å². The Labute approximate surface area is 182 Å². The molecular formula is C18H20ClN7O5. The summed E-state index contributed by atoms with van der Waals surface area (Å²) in [5.74, 6) is -1.21. The number of hydrogen-bond acceptors (Lipinski definition) is 7. The molecular weight excluding hydrogens is 430 g/mol. The van der Waals surface area contributed by atoms with Gasteiger partial charge in [-0.15, -0.1) is 12.4 Å². The van der Waals surface area contributed by atoms with Crippen molar-refractivity contribution in [2.75, 3.05) is 30.8 Å². The molecule has 2 heterocycles. The number of nitrogens with two attached hydrogens (primary N) is 1. The minimum Gasteiger partial charge on any atom is -0.490 e. The van der Waals surface area contributed by atoms with Crippen LogP contribution in [0.25, 0.3) is 5.65 Å². The van der Waals surface area contributed by atoms with Crippen molar-refractivity contribution in [1.29, 1.82) is 0 Å². The summed E-state index contributed by atoms with van der Waals surface area (Å²) in [5.41, 5.74) is 6.04. The van der Waals surface area contributed by atoms with E-state index in [9.17, 15) is 19.5 Å². The number of carboxylic acid groups (broad SMARTS) is 1. The van der Waals surface area contributed by atoms with Crippen LogP contribution in [0, 0.1) is 0 Å². The van der Waals surface area contributed by atoms with Crippen molar-refractivity contribution in [1.82, 2.24) is 19.9 Å². The molecule has 31 heavy (non-hydrogen) atoms. The Kier molecular flexibility index (Phi) is 7.71. The van der Waals surface area contributed by atoms with E-state index in [1.54, 1.807) is 6.07 Å². The fraction of sp³-hybridized carbons (Fsp3) is 0.167. The number of nitrogens with zero attached hydrogens (tertiary/aromatic N) is 3. The zero-order valence-corrected chi connectivity index (χ0v) is 17.1. The molecule has 6 N–H and O–H groups in total. The van der Waals surface area contributed by atoms with Gasteiger partial charge in [-0.3, -0.25) is 10.1 Å². The minimum absolute atomic E-state index is 0. The normalized spacial score (nSPS) is 10.1. The predicted octanol–water partition coefficient (Wildman–Crippen LogP) is 1.19. The van der Waals surface area contributed by atoms with E-state index >= 15 is 0 Å². The lowest BCUT2D eigenvalue weighted by molar-refractivity contribution is 0.0696. The Morgan fingerprint density at radius 3 is 2.65 bits per heavy atom. The number of aromatic carboxylic acids is 1. The van der Waals surface area contributed by atoms with Gasteiger partial charge in [0.05, 0.1) is 17.4 Å². The third-order valence-electron chi connectivity index (χ3n) is 3.87. The maximum atomic E-state index is 12.7. The van der Waals surface area contributed by atoms with Crippen LogP contribution in [0.5, 0.6) is 5.75 Å². The van der Waals surface area contributed by atoms with Crippen molar-refractivity contribution in [2.24, 2.45) is 5.73 Å². The maximum Gasteiger partial charge on any atom is 0.335 e. The molecule has 0 aliphatic rings. The van der Waals surface area contributed by atoms with E-state index in [2.05, 4.69) is 26.0 Å². The average molecular weight is 450 g/mol. The van der Waals surface area contributed by atoms with Gasteiger partial charge in [-0.2, -0.15) is 5.10 Å². The van der Waals surface area contributed by atoms with Crippen molar-refractivity contribution < 1.29 is 24.2 Å². The Morgan fingerprint density at radius 1 is 1.19 bits per heavy atom. The maximum absolute atomic E-state index is 12.7. The highest BCUT2D eigenvalue weighted by Crippen LogP contribution is 2.26. The van der Waals surface area contributed by atoms with Gasteiger partial charge in [0.25, 0.3) is 5.91 Å². The molecule has 3 rings (SSSR count). The number of ether oxygens (including phenoxy) is 1. The SMILES string of the molecule is CNC(=O)Nc1cn2nc(C(=O)Nc3cc(C(=O)O)ccc3OCCN)ccc2n1.Cl. The molecule has 0 aliphatic carbocycles. The van der Waals surface area contributed by atoms with E-state index in [4.69, 9.17) is 10.5 Å². The van der Waals surface area contributed by atoms with Crippen LogP contribution in [0.1, 0.15) is 20.8 Å². The average Bonchev–Trinajstić information content (AvgIpc) is 3.13. The van der Waals surface area contributed by atoms with E-state index < -0.39 is 17.9 Å². The van der Waals surface area contributed by atoms with Gasteiger partial charge in [-0.05, 0) is 30.3 Å². The van der Waals surface area contributed by atoms with Gasteiger partial charge in [-0.25, -0.2) is 19.1 Å². The number of hydrogen-bond donors (Lipinski definition) is 5. The van der Waals surface area contributed by atoms with Crippen molar-refractivity contribution in [3.8, 4) is 5.75 Å². The highest BCUT2D eigenvalue weighted by Gasteiger charge is 2.16. The number of carboxylic acids is 1. The van der Waals surface area contributed by atoms with Crippen molar-refractivity contribution in [3.05, 3.63) is 47.8 Å². The fourth-order valence-corrected chi connectivity index (χ4v) is 2.48. The molecule has 0 spiro atoms. The van der Waals surface area contributed by atoms with E-state index in [1.165, 1.54) is 42.0 Å². The van der Waals surface area contributed by atoms with E-state index in [1.807, 2.05) is 0 Å². The van der Waals surface area contributed by atoms with Gasteiger partial charge in [0, 0.05) is 13.6 Å². The predicted molar refractivity (Wildman–Crippen MR) is 114 cm³/mol. The first kappa shape index (κ1) is 23.4. The number of nitrogens with one attached hydrogen (secondary N) is 3. The molecule has 12 nitrogen and oxygen atoms in total. The lowest BCUT2D eigenvalue weighted by Crippen LogP contribution is -2.24. The molecule has 0 bridgehead atoms. The lowest BCUT2D eigenvalue weighted by atomic mass is 10.2. The number of carbonyl (C=O) groups excluding carboxylic acids is 2. The molecule has 3 aromatic rings. The zero-order chi connectivity index (χ0) is 21.7. The standard InChI is InChI=1S/C18H19N7O5.ClH/c1-20-18(29)23-14-9-25-15(22-14)5-3-11(24-25)16(26)21-12-8-10(17(27)28)2-4-13(12)30-7-6-19;/h2-5,8-9H,6-7,19H2,1H3,(H,21,26)(H,27,28)(H2,20,23,29);1H. The first-order chi connectivity index (χ1) is 14.4. The molecule has 0 aliphatic heterocycles. The summed E-state index contributed by atoms with van der Waals surface area (Å²) >= 11 is 0. The smallest absolute Gasteiger partial charge is 0.335 e. The molecule has 0 fully saturated rings. The second-order valence-electron chi connectivity index (χ2n) is 5.96. The van der Waals surface area contributed by atoms with Gasteiger partial charge in [0.2, 0.25) is 0 Å². The summed E-state index contributed by atoms with van der Waals surface area (Å²) in [4.78, 5) is 39.5. The summed E-state index contributed by atoms with van der Waals surface area (Å²) in [6.07, 6.45) is 1.45. The molecule has 0 atom stereocenters. The molecule has 0 unspecified atom stereocenters. The van der Waals surface area contributed by atoms with Crippen LogP contribution in [0.3, 0.4) is 0 Å². The number of anilines is 2.